The lowest BCUT2D eigenvalue weighted by Gasteiger charge is -2.31. The molecule has 172 valence electrons. The van der Waals surface area contributed by atoms with Crippen molar-refractivity contribution in [3.05, 3.63) is 83.4 Å². The number of allylic oxidation sites excluding steroid dienone is 4. The first kappa shape index (κ1) is 24.6. The molecule has 0 saturated carbocycles. The van der Waals surface area contributed by atoms with Crippen LogP contribution in [0.5, 0.6) is 0 Å². The second-order valence-electron chi connectivity index (χ2n) is 8.18. The Labute approximate surface area is 198 Å². The summed E-state index contributed by atoms with van der Waals surface area (Å²) in [5.74, 6) is -0.819. The zero-order chi connectivity index (χ0) is 24.0. The van der Waals surface area contributed by atoms with E-state index >= 15 is 0 Å². The summed E-state index contributed by atoms with van der Waals surface area (Å²) in [7, 11) is 0. The first-order valence-electron chi connectivity index (χ1n) is 10.9. The van der Waals surface area contributed by atoms with Gasteiger partial charge in [0.2, 0.25) is 0 Å². The number of ether oxygens (including phenoxy) is 1. The summed E-state index contributed by atoms with van der Waals surface area (Å²) in [6, 6.07) is 8.51. The van der Waals surface area contributed by atoms with E-state index in [4.69, 9.17) is 21.6 Å². The van der Waals surface area contributed by atoms with Crippen LogP contribution < -0.4 is 0 Å². The third kappa shape index (κ3) is 5.68. The number of nitrogens with zero attached hydrogens (tertiary/aromatic N) is 3. The summed E-state index contributed by atoms with van der Waals surface area (Å²) in [6.45, 7) is 10.2. The molecular weight excluding hydrogens is 441 g/mol. The van der Waals surface area contributed by atoms with Crippen LogP contribution >= 0.6 is 11.6 Å². The highest BCUT2D eigenvalue weighted by molar-refractivity contribution is 6.32. The number of hydrogen-bond donors (Lipinski definition) is 0. The third-order valence-corrected chi connectivity index (χ3v) is 6.39. The fraction of sp³-hybridized carbons (Fsp3) is 0.346. The van der Waals surface area contributed by atoms with Crippen molar-refractivity contribution in [2.75, 3.05) is 6.61 Å². The third-order valence-electron chi connectivity index (χ3n) is 6.00. The molecular formula is C26H27ClFN3O2. The van der Waals surface area contributed by atoms with Crippen molar-refractivity contribution in [3.63, 3.8) is 0 Å². The molecule has 0 bridgehead atoms. The van der Waals surface area contributed by atoms with E-state index in [1.165, 1.54) is 10.7 Å². The van der Waals surface area contributed by atoms with E-state index in [9.17, 15) is 9.18 Å². The van der Waals surface area contributed by atoms with Crippen molar-refractivity contribution in [1.29, 1.82) is 5.26 Å². The van der Waals surface area contributed by atoms with Gasteiger partial charge in [0.15, 0.2) is 5.78 Å². The second-order valence-corrected chi connectivity index (χ2v) is 8.53. The number of nitriles is 1. The van der Waals surface area contributed by atoms with Crippen molar-refractivity contribution in [1.82, 2.24) is 9.78 Å². The fourth-order valence-corrected chi connectivity index (χ4v) is 4.40. The summed E-state index contributed by atoms with van der Waals surface area (Å²) in [5.41, 5.74) is 1.58. The highest BCUT2D eigenvalue weighted by Crippen LogP contribution is 2.34. The van der Waals surface area contributed by atoms with Crippen LogP contribution in [-0.4, -0.2) is 28.3 Å². The Morgan fingerprint density at radius 1 is 1.48 bits per heavy atom. The van der Waals surface area contributed by atoms with E-state index < -0.39 is 0 Å². The highest BCUT2D eigenvalue weighted by Gasteiger charge is 2.34. The van der Waals surface area contributed by atoms with E-state index in [1.54, 1.807) is 36.4 Å². The number of benzene rings is 1. The lowest BCUT2D eigenvalue weighted by atomic mass is 9.80. The van der Waals surface area contributed by atoms with Gasteiger partial charge in [0.05, 0.1) is 25.1 Å². The Morgan fingerprint density at radius 2 is 2.24 bits per heavy atom. The van der Waals surface area contributed by atoms with Crippen molar-refractivity contribution >= 4 is 23.0 Å². The van der Waals surface area contributed by atoms with E-state index in [-0.39, 0.29) is 46.9 Å². The molecule has 1 aliphatic rings. The van der Waals surface area contributed by atoms with Gasteiger partial charge in [-0.25, -0.2) is 9.07 Å². The zero-order valence-electron chi connectivity index (χ0n) is 18.6. The van der Waals surface area contributed by atoms with Crippen LogP contribution in [0.2, 0.25) is 5.15 Å². The summed E-state index contributed by atoms with van der Waals surface area (Å²) in [6.07, 6.45) is 6.51. The van der Waals surface area contributed by atoms with E-state index in [0.29, 0.717) is 36.1 Å². The van der Waals surface area contributed by atoms with Crippen LogP contribution in [0, 0.1) is 29.0 Å². The molecule has 1 aromatic heterocycles. The normalized spacial score (nSPS) is 19.2. The molecule has 1 unspecified atom stereocenters. The van der Waals surface area contributed by atoms with Crippen molar-refractivity contribution in [3.8, 4) is 6.07 Å². The number of aromatic nitrogens is 2. The lowest BCUT2D eigenvalue weighted by molar-refractivity contribution is -0.0154. The first-order valence-corrected chi connectivity index (χ1v) is 11.3. The van der Waals surface area contributed by atoms with Gasteiger partial charge in [-0.15, -0.1) is 0 Å². The monoisotopic (exact) mass is 467 g/mol. The molecule has 3 rings (SSSR count). The zero-order valence-corrected chi connectivity index (χ0v) is 19.4. The topological polar surface area (TPSA) is 67.9 Å². The molecule has 0 aliphatic carbocycles. The minimum atomic E-state index is -0.372. The largest absolute Gasteiger partial charge is 0.377 e. The molecule has 3 atom stereocenters. The van der Waals surface area contributed by atoms with E-state index in [0.717, 1.165) is 6.42 Å². The average molecular weight is 468 g/mol. The lowest BCUT2D eigenvalue weighted by Crippen LogP contribution is -2.32. The Morgan fingerprint density at radius 3 is 2.94 bits per heavy atom. The SMILES string of the molecule is C=C/C=C/C(=C)c1c(C(=O)C(C)[C@H]2CCO[C@@H](CC#N)C2)nn(Cc2ccccc2F)c1Cl. The number of rotatable bonds is 9. The highest BCUT2D eigenvalue weighted by atomic mass is 35.5. The Kier molecular flexibility index (Phi) is 8.37. The van der Waals surface area contributed by atoms with Gasteiger partial charge in [-0.05, 0) is 30.4 Å². The van der Waals surface area contributed by atoms with Gasteiger partial charge in [-0.1, -0.05) is 68.1 Å². The van der Waals surface area contributed by atoms with E-state index in [1.807, 2.05) is 6.92 Å². The molecule has 7 heteroatoms. The minimum Gasteiger partial charge on any atom is -0.377 e. The number of Topliss-reactive ketones (excluding diaryl/α,β-unsaturated/α-hetero) is 1. The van der Waals surface area contributed by atoms with Crippen LogP contribution in [0.15, 0.2) is 55.7 Å². The van der Waals surface area contributed by atoms with Gasteiger partial charge in [-0.2, -0.15) is 10.4 Å². The molecule has 0 radical (unpaired) electrons. The smallest absolute Gasteiger partial charge is 0.186 e. The van der Waals surface area contributed by atoms with Gasteiger partial charge in [-0.3, -0.25) is 4.79 Å². The molecule has 5 nitrogen and oxygen atoms in total. The van der Waals surface area contributed by atoms with Crippen LogP contribution in [0.4, 0.5) is 4.39 Å². The van der Waals surface area contributed by atoms with Crippen LogP contribution in [0.1, 0.15) is 47.8 Å². The molecule has 1 aliphatic heterocycles. The molecule has 0 amide bonds. The minimum absolute atomic E-state index is 0.0601. The maximum absolute atomic E-state index is 14.2. The summed E-state index contributed by atoms with van der Waals surface area (Å²) in [5, 5.41) is 13.7. The Balaban J connectivity index is 1.96. The number of carbonyl (C=O) groups excluding carboxylic acids is 1. The quantitative estimate of drug-likeness (QED) is 0.334. The summed E-state index contributed by atoms with van der Waals surface area (Å²) < 4.78 is 21.3. The number of hydrogen-bond acceptors (Lipinski definition) is 4. The molecule has 1 fully saturated rings. The standard InChI is InChI=1S/C26H27ClFN3O2/c1-4-5-8-17(2)23-24(25(32)18(3)19-12-14-33-21(15-19)11-13-29)30-31(26(23)27)16-20-9-6-7-10-22(20)28/h4-10,18-19,21H,1-2,11-12,14-16H2,3H3/b8-5+/t18?,19-,21-/m0/s1. The molecule has 2 heterocycles. The van der Waals surface area contributed by atoms with Crippen LogP contribution in [0.25, 0.3) is 5.57 Å². The van der Waals surface area contributed by atoms with Gasteiger partial charge in [0, 0.05) is 23.7 Å². The predicted molar refractivity (Wildman–Crippen MR) is 127 cm³/mol. The average Bonchev–Trinajstić information content (AvgIpc) is 3.14. The fourth-order valence-electron chi connectivity index (χ4n) is 4.10. The van der Waals surface area contributed by atoms with Crippen molar-refractivity contribution in [2.24, 2.45) is 11.8 Å². The Bertz CT molecular complexity index is 1120. The van der Waals surface area contributed by atoms with Crippen LogP contribution in [0.3, 0.4) is 0 Å². The first-order chi connectivity index (χ1) is 15.9. The Hall–Kier alpha value is -3.01. The number of halogens is 2. The summed E-state index contributed by atoms with van der Waals surface area (Å²) in [4.78, 5) is 13.6. The van der Waals surface area contributed by atoms with Crippen molar-refractivity contribution < 1.29 is 13.9 Å². The summed E-state index contributed by atoms with van der Waals surface area (Å²) >= 11 is 6.65. The van der Waals surface area contributed by atoms with Gasteiger partial charge in [0.25, 0.3) is 0 Å². The maximum Gasteiger partial charge on any atom is 0.186 e. The van der Waals surface area contributed by atoms with Gasteiger partial charge in [0.1, 0.15) is 16.7 Å². The molecule has 1 saturated heterocycles. The van der Waals surface area contributed by atoms with Gasteiger partial charge < -0.3 is 4.74 Å². The number of carbonyl (C=O) groups is 1. The molecule has 0 spiro atoms. The van der Waals surface area contributed by atoms with Crippen molar-refractivity contribution in [2.45, 2.75) is 38.8 Å². The molecule has 0 N–H and O–H groups in total. The van der Waals surface area contributed by atoms with Gasteiger partial charge >= 0.3 is 0 Å². The predicted octanol–water partition coefficient (Wildman–Crippen LogP) is 6.01. The number of ketones is 1. The maximum atomic E-state index is 14.2. The molecule has 33 heavy (non-hydrogen) atoms. The van der Waals surface area contributed by atoms with Crippen LogP contribution in [-0.2, 0) is 11.3 Å². The van der Waals surface area contributed by atoms with E-state index in [2.05, 4.69) is 24.3 Å². The molecule has 2 aromatic rings. The molecule has 1 aromatic carbocycles. The second kappa shape index (κ2) is 11.2.